The summed E-state index contributed by atoms with van der Waals surface area (Å²) in [4.78, 5) is 0. The number of nitrogens with one attached hydrogen (secondary N) is 1. The lowest BCUT2D eigenvalue weighted by Crippen LogP contribution is -2.05. The molecule has 144 valence electrons. The highest BCUT2D eigenvalue weighted by Crippen LogP contribution is 2.29. The molecule has 3 aromatic carbocycles. The van der Waals surface area contributed by atoms with Gasteiger partial charge in [0.2, 0.25) is 0 Å². The summed E-state index contributed by atoms with van der Waals surface area (Å²) in [6, 6.07) is 21.1. The van der Waals surface area contributed by atoms with Gasteiger partial charge in [-0.25, -0.2) is 0 Å². The molecule has 0 unspecified atom stereocenters. The Hall–Kier alpha value is -2.69. The lowest BCUT2D eigenvalue weighted by molar-refractivity contribution is 0.284. The van der Waals surface area contributed by atoms with Crippen molar-refractivity contribution in [2.24, 2.45) is 5.10 Å². The summed E-state index contributed by atoms with van der Waals surface area (Å²) in [5.41, 5.74) is 6.02. The fourth-order valence-electron chi connectivity index (χ4n) is 2.53. The largest absolute Gasteiger partial charge is 0.493 e. The zero-order valence-corrected chi connectivity index (χ0v) is 16.9. The van der Waals surface area contributed by atoms with E-state index in [1.165, 1.54) is 5.56 Å². The van der Waals surface area contributed by atoms with Gasteiger partial charge in [0.25, 0.3) is 0 Å². The van der Waals surface area contributed by atoms with Crippen LogP contribution in [0.15, 0.2) is 71.8 Å². The van der Waals surface area contributed by atoms with E-state index in [1.807, 2.05) is 54.6 Å². The maximum atomic E-state index is 6.06. The Labute approximate surface area is 174 Å². The Kier molecular flexibility index (Phi) is 7.18. The molecule has 0 aromatic heterocycles. The summed E-state index contributed by atoms with van der Waals surface area (Å²) < 4.78 is 11.3. The number of methoxy groups -OCH3 is 1. The van der Waals surface area contributed by atoms with Crippen molar-refractivity contribution in [3.05, 3.63) is 93.5 Å². The molecule has 0 amide bonds. The van der Waals surface area contributed by atoms with E-state index in [0.717, 1.165) is 11.1 Å². The van der Waals surface area contributed by atoms with E-state index in [9.17, 15) is 0 Å². The molecule has 0 heterocycles. The van der Waals surface area contributed by atoms with Gasteiger partial charge in [0.15, 0.2) is 11.5 Å². The maximum absolute atomic E-state index is 6.06. The minimum atomic E-state index is 0.347. The third-order valence-corrected chi connectivity index (χ3v) is 4.74. The molecule has 0 fully saturated rings. The number of hydrogen-bond acceptors (Lipinski definition) is 4. The highest BCUT2D eigenvalue weighted by atomic mass is 35.5. The second kappa shape index (κ2) is 10.0. The molecule has 0 atom stereocenters. The molecule has 0 aliphatic carbocycles. The number of hydrazone groups is 1. The summed E-state index contributed by atoms with van der Waals surface area (Å²) in [5.74, 6) is 1.27. The number of hydrogen-bond donors (Lipinski definition) is 1. The van der Waals surface area contributed by atoms with E-state index in [2.05, 4.69) is 10.5 Å². The Morgan fingerprint density at radius 2 is 1.71 bits per heavy atom. The zero-order valence-electron chi connectivity index (χ0n) is 15.4. The molecule has 0 saturated heterocycles. The first-order valence-corrected chi connectivity index (χ1v) is 9.46. The van der Waals surface area contributed by atoms with E-state index < -0.39 is 0 Å². The molecule has 0 saturated carbocycles. The molecule has 6 heteroatoms. The molecule has 0 aliphatic heterocycles. The predicted molar refractivity (Wildman–Crippen MR) is 115 cm³/mol. The van der Waals surface area contributed by atoms with Crippen LogP contribution in [0.1, 0.15) is 16.7 Å². The number of nitrogens with zero attached hydrogens (tertiary/aromatic N) is 1. The van der Waals surface area contributed by atoms with Crippen LogP contribution in [-0.2, 0) is 13.2 Å². The van der Waals surface area contributed by atoms with Crippen LogP contribution in [0, 0.1) is 0 Å². The second-order valence-electron chi connectivity index (χ2n) is 6.03. The van der Waals surface area contributed by atoms with Crippen LogP contribution in [0.5, 0.6) is 11.5 Å². The highest BCUT2D eigenvalue weighted by molar-refractivity contribution is 6.42. The van der Waals surface area contributed by atoms with Gasteiger partial charge in [-0.05, 0) is 47.0 Å². The summed E-state index contributed by atoms with van der Waals surface area (Å²) >= 11 is 12.0. The van der Waals surface area contributed by atoms with E-state index in [0.29, 0.717) is 34.7 Å². The Morgan fingerprint density at radius 3 is 2.46 bits per heavy atom. The summed E-state index contributed by atoms with van der Waals surface area (Å²) in [5, 5.41) is 5.29. The zero-order chi connectivity index (χ0) is 19.8. The van der Waals surface area contributed by atoms with Gasteiger partial charge in [0.1, 0.15) is 6.61 Å². The molecule has 0 bridgehead atoms. The van der Waals surface area contributed by atoms with Crippen molar-refractivity contribution in [3.8, 4) is 11.5 Å². The van der Waals surface area contributed by atoms with Gasteiger partial charge in [-0.1, -0.05) is 59.6 Å². The summed E-state index contributed by atoms with van der Waals surface area (Å²) in [6.07, 6.45) is 1.74. The molecule has 28 heavy (non-hydrogen) atoms. The number of ether oxygens (including phenoxy) is 2. The Morgan fingerprint density at radius 1 is 0.893 bits per heavy atom. The second-order valence-corrected chi connectivity index (χ2v) is 6.84. The number of benzene rings is 3. The molecule has 4 nitrogen and oxygen atoms in total. The molecular weight excluding hydrogens is 395 g/mol. The number of rotatable bonds is 8. The fourth-order valence-corrected chi connectivity index (χ4v) is 2.85. The topological polar surface area (TPSA) is 42.8 Å². The average Bonchev–Trinajstić information content (AvgIpc) is 2.73. The normalized spacial score (nSPS) is 10.8. The smallest absolute Gasteiger partial charge is 0.162 e. The van der Waals surface area contributed by atoms with Crippen molar-refractivity contribution in [1.29, 1.82) is 0 Å². The Bertz CT molecular complexity index is 947. The molecule has 0 radical (unpaired) electrons. The van der Waals surface area contributed by atoms with Crippen LogP contribution in [0.2, 0.25) is 10.0 Å². The standard InChI is InChI=1S/C22H20Cl2N2O2/c1-27-21-10-8-17(14-26-25-13-16-5-3-2-4-6-16)12-22(21)28-15-18-7-9-19(23)20(24)11-18/h2-12,14,25H,13,15H2,1H3. The molecular formula is C22H20Cl2N2O2. The molecule has 0 aliphatic rings. The van der Waals surface area contributed by atoms with Crippen LogP contribution in [0.4, 0.5) is 0 Å². The van der Waals surface area contributed by atoms with Crippen LogP contribution in [-0.4, -0.2) is 13.3 Å². The molecule has 3 rings (SSSR count). The minimum absolute atomic E-state index is 0.347. The van der Waals surface area contributed by atoms with Crippen molar-refractivity contribution < 1.29 is 9.47 Å². The van der Waals surface area contributed by atoms with Gasteiger partial charge in [0, 0.05) is 0 Å². The van der Waals surface area contributed by atoms with E-state index in [4.69, 9.17) is 32.7 Å². The Balaban J connectivity index is 1.63. The summed E-state index contributed by atoms with van der Waals surface area (Å²) in [7, 11) is 1.61. The highest BCUT2D eigenvalue weighted by Gasteiger charge is 2.07. The first-order chi connectivity index (χ1) is 13.7. The van der Waals surface area contributed by atoms with Gasteiger partial charge < -0.3 is 14.9 Å². The average molecular weight is 415 g/mol. The van der Waals surface area contributed by atoms with Gasteiger partial charge in [-0.2, -0.15) is 5.10 Å². The third kappa shape index (κ3) is 5.65. The van der Waals surface area contributed by atoms with Gasteiger partial charge in [-0.3, -0.25) is 0 Å². The quantitative estimate of drug-likeness (QED) is 0.379. The maximum Gasteiger partial charge on any atom is 0.162 e. The third-order valence-electron chi connectivity index (χ3n) is 4.00. The van der Waals surface area contributed by atoms with Crippen molar-refractivity contribution in [3.63, 3.8) is 0 Å². The lowest BCUT2D eigenvalue weighted by Gasteiger charge is -2.12. The van der Waals surface area contributed by atoms with E-state index in [-0.39, 0.29) is 0 Å². The molecule has 1 N–H and O–H groups in total. The summed E-state index contributed by atoms with van der Waals surface area (Å²) in [6.45, 7) is 1.01. The van der Waals surface area contributed by atoms with Crippen molar-refractivity contribution >= 4 is 29.4 Å². The minimum Gasteiger partial charge on any atom is -0.493 e. The van der Waals surface area contributed by atoms with Crippen molar-refractivity contribution in [2.75, 3.05) is 7.11 Å². The first-order valence-electron chi connectivity index (χ1n) is 8.70. The predicted octanol–water partition coefficient (Wildman–Crippen LogP) is 5.70. The van der Waals surface area contributed by atoms with Crippen LogP contribution >= 0.6 is 23.2 Å². The first kappa shape index (κ1) is 20.1. The van der Waals surface area contributed by atoms with E-state index >= 15 is 0 Å². The van der Waals surface area contributed by atoms with Gasteiger partial charge >= 0.3 is 0 Å². The van der Waals surface area contributed by atoms with Crippen LogP contribution < -0.4 is 14.9 Å². The molecule has 0 spiro atoms. The molecule has 3 aromatic rings. The van der Waals surface area contributed by atoms with Crippen molar-refractivity contribution in [2.45, 2.75) is 13.2 Å². The van der Waals surface area contributed by atoms with Crippen LogP contribution in [0.25, 0.3) is 0 Å². The SMILES string of the molecule is COc1ccc(C=NNCc2ccccc2)cc1OCc1ccc(Cl)c(Cl)c1. The number of halogens is 2. The van der Waals surface area contributed by atoms with Crippen LogP contribution in [0.3, 0.4) is 0 Å². The fraction of sp³-hybridized carbons (Fsp3) is 0.136. The monoisotopic (exact) mass is 414 g/mol. The van der Waals surface area contributed by atoms with Gasteiger partial charge in [-0.15, -0.1) is 0 Å². The van der Waals surface area contributed by atoms with E-state index in [1.54, 1.807) is 25.5 Å². The van der Waals surface area contributed by atoms with Gasteiger partial charge in [0.05, 0.1) is 29.9 Å². The van der Waals surface area contributed by atoms with Crippen molar-refractivity contribution in [1.82, 2.24) is 5.43 Å². The lowest BCUT2D eigenvalue weighted by atomic mass is 10.2.